The van der Waals surface area contributed by atoms with Gasteiger partial charge < -0.3 is 9.47 Å². The van der Waals surface area contributed by atoms with Crippen LogP contribution in [0.3, 0.4) is 0 Å². The van der Waals surface area contributed by atoms with Gasteiger partial charge in [-0.3, -0.25) is 4.57 Å². The Labute approximate surface area is 137 Å². The summed E-state index contributed by atoms with van der Waals surface area (Å²) in [5.41, 5.74) is 2.93. The zero-order valence-corrected chi connectivity index (χ0v) is 14.0. The lowest BCUT2D eigenvalue weighted by Gasteiger charge is -2.10. The summed E-state index contributed by atoms with van der Waals surface area (Å²) in [6, 6.07) is 3.70. The van der Waals surface area contributed by atoms with Crippen LogP contribution in [0.4, 0.5) is 4.79 Å². The van der Waals surface area contributed by atoms with Crippen molar-refractivity contribution in [3.63, 3.8) is 0 Å². The molecule has 0 saturated heterocycles. The summed E-state index contributed by atoms with van der Waals surface area (Å²) in [7, 11) is 0. The summed E-state index contributed by atoms with van der Waals surface area (Å²) >= 11 is 0. The molecule has 2 heterocycles. The van der Waals surface area contributed by atoms with E-state index in [1.807, 2.05) is 32.9 Å². The molecule has 8 nitrogen and oxygen atoms in total. The first-order valence-corrected chi connectivity index (χ1v) is 7.71. The van der Waals surface area contributed by atoms with Crippen molar-refractivity contribution in [2.45, 2.75) is 34.2 Å². The summed E-state index contributed by atoms with van der Waals surface area (Å²) in [5, 5.41) is 4.76. The second-order valence-electron chi connectivity index (χ2n) is 5.40. The summed E-state index contributed by atoms with van der Waals surface area (Å²) in [5.74, 6) is 0. The highest BCUT2D eigenvalue weighted by molar-refractivity contribution is 5.92. The van der Waals surface area contributed by atoms with Gasteiger partial charge in [0.05, 0.1) is 12.1 Å². The smallest absolute Gasteiger partial charge is 0.434 e. The zero-order valence-electron chi connectivity index (χ0n) is 14.0. The Balaban J connectivity index is 2.29. The van der Waals surface area contributed by atoms with Crippen molar-refractivity contribution in [1.82, 2.24) is 19.2 Å². The standard InChI is InChI=1S/C16H18N4O4/c1-5-19-12-8-10(4)9(3)7-11(12)13-17-14(18-20(13)15(19)21)24-16(22)23-6-2/h7-8H,5-6H2,1-4H3. The number of carbonyl (C=O) groups excluding carboxylic acids is 1. The van der Waals surface area contributed by atoms with Crippen LogP contribution in [0.1, 0.15) is 25.0 Å². The summed E-state index contributed by atoms with van der Waals surface area (Å²) in [6.07, 6.45) is -0.902. The number of hydrogen-bond acceptors (Lipinski definition) is 6. The third-order valence-corrected chi connectivity index (χ3v) is 3.90. The second kappa shape index (κ2) is 5.95. The summed E-state index contributed by atoms with van der Waals surface area (Å²) in [6.45, 7) is 8.19. The Kier molecular flexibility index (Phi) is 3.96. The van der Waals surface area contributed by atoms with Gasteiger partial charge in [0, 0.05) is 11.9 Å². The molecule has 0 spiro atoms. The minimum Gasteiger partial charge on any atom is -0.434 e. The molecule has 0 saturated carbocycles. The van der Waals surface area contributed by atoms with Gasteiger partial charge in [-0.15, -0.1) is 5.10 Å². The first-order valence-electron chi connectivity index (χ1n) is 7.71. The van der Waals surface area contributed by atoms with Crippen molar-refractivity contribution in [3.8, 4) is 6.01 Å². The Morgan fingerprint density at radius 1 is 1.21 bits per heavy atom. The van der Waals surface area contributed by atoms with E-state index in [1.165, 1.54) is 0 Å². The molecule has 2 aromatic heterocycles. The number of rotatable bonds is 3. The van der Waals surface area contributed by atoms with Crippen LogP contribution >= 0.6 is 0 Å². The molecular weight excluding hydrogens is 312 g/mol. The van der Waals surface area contributed by atoms with E-state index in [1.54, 1.807) is 11.5 Å². The minimum absolute atomic E-state index is 0.177. The normalized spacial score (nSPS) is 11.2. The van der Waals surface area contributed by atoms with Gasteiger partial charge in [0.15, 0.2) is 5.65 Å². The van der Waals surface area contributed by atoms with E-state index < -0.39 is 6.16 Å². The molecule has 3 aromatic rings. The predicted octanol–water partition coefficient (Wildman–Crippen LogP) is 2.22. The van der Waals surface area contributed by atoms with Crippen LogP contribution in [-0.4, -0.2) is 31.9 Å². The van der Waals surface area contributed by atoms with Crippen molar-refractivity contribution >= 4 is 22.7 Å². The van der Waals surface area contributed by atoms with E-state index in [0.717, 1.165) is 26.5 Å². The molecule has 0 aliphatic rings. The zero-order chi connectivity index (χ0) is 17.4. The molecule has 0 aliphatic heterocycles. The molecule has 0 fully saturated rings. The molecule has 1 aromatic carbocycles. The van der Waals surface area contributed by atoms with E-state index in [2.05, 4.69) is 10.1 Å². The molecule has 24 heavy (non-hydrogen) atoms. The summed E-state index contributed by atoms with van der Waals surface area (Å²) < 4.78 is 12.4. The number of ether oxygens (including phenoxy) is 2. The minimum atomic E-state index is -0.902. The van der Waals surface area contributed by atoms with Gasteiger partial charge in [-0.25, -0.2) is 9.59 Å². The van der Waals surface area contributed by atoms with Crippen molar-refractivity contribution < 1.29 is 14.3 Å². The van der Waals surface area contributed by atoms with Crippen LogP contribution in [0.5, 0.6) is 6.01 Å². The van der Waals surface area contributed by atoms with E-state index in [4.69, 9.17) is 9.47 Å². The number of aromatic nitrogens is 4. The molecule has 0 unspecified atom stereocenters. The summed E-state index contributed by atoms with van der Waals surface area (Å²) in [4.78, 5) is 28.3. The fourth-order valence-corrected chi connectivity index (χ4v) is 2.59. The molecule has 3 rings (SSSR count). The van der Waals surface area contributed by atoms with E-state index in [0.29, 0.717) is 12.2 Å². The van der Waals surface area contributed by atoms with Crippen LogP contribution in [0, 0.1) is 13.8 Å². The highest BCUT2D eigenvalue weighted by Gasteiger charge is 2.18. The van der Waals surface area contributed by atoms with Crippen LogP contribution in [0.25, 0.3) is 16.6 Å². The maximum absolute atomic E-state index is 12.6. The molecule has 0 bridgehead atoms. The lowest BCUT2D eigenvalue weighted by molar-refractivity contribution is 0.101. The van der Waals surface area contributed by atoms with Gasteiger partial charge in [0.1, 0.15) is 0 Å². The fraction of sp³-hybridized carbons (Fsp3) is 0.375. The number of fused-ring (bicyclic) bond motifs is 3. The molecule has 8 heteroatoms. The van der Waals surface area contributed by atoms with Gasteiger partial charge in [-0.05, 0) is 51.0 Å². The highest BCUT2D eigenvalue weighted by Crippen LogP contribution is 2.22. The van der Waals surface area contributed by atoms with Crippen LogP contribution in [0.15, 0.2) is 16.9 Å². The molecular formula is C16H18N4O4. The quantitative estimate of drug-likeness (QED) is 0.684. The monoisotopic (exact) mass is 330 g/mol. The first kappa shape index (κ1) is 16.0. The molecule has 0 aliphatic carbocycles. The van der Waals surface area contributed by atoms with Crippen LogP contribution in [0.2, 0.25) is 0 Å². The average Bonchev–Trinajstić information content (AvgIpc) is 2.94. The van der Waals surface area contributed by atoms with Gasteiger partial charge in [-0.2, -0.15) is 9.50 Å². The number of aryl methyl sites for hydroxylation is 3. The van der Waals surface area contributed by atoms with Crippen molar-refractivity contribution in [2.75, 3.05) is 6.61 Å². The SMILES string of the molecule is CCOC(=O)Oc1nc2c3cc(C)c(C)cc3n(CC)c(=O)n2n1. The average molecular weight is 330 g/mol. The molecule has 0 radical (unpaired) electrons. The number of nitrogens with zero attached hydrogens (tertiary/aromatic N) is 4. The third-order valence-electron chi connectivity index (χ3n) is 3.90. The van der Waals surface area contributed by atoms with Gasteiger partial charge >= 0.3 is 17.9 Å². The van der Waals surface area contributed by atoms with Crippen molar-refractivity contribution in [1.29, 1.82) is 0 Å². The molecule has 0 atom stereocenters. The van der Waals surface area contributed by atoms with E-state index in [9.17, 15) is 9.59 Å². The Morgan fingerprint density at radius 2 is 1.92 bits per heavy atom. The van der Waals surface area contributed by atoms with Crippen molar-refractivity contribution in [2.24, 2.45) is 0 Å². The first-order chi connectivity index (χ1) is 11.5. The maximum atomic E-state index is 12.6. The Bertz CT molecular complexity index is 1000. The lowest BCUT2D eigenvalue weighted by atomic mass is 10.1. The Morgan fingerprint density at radius 3 is 2.58 bits per heavy atom. The molecule has 0 amide bonds. The number of hydrogen-bond donors (Lipinski definition) is 0. The second-order valence-corrected chi connectivity index (χ2v) is 5.40. The van der Waals surface area contributed by atoms with E-state index in [-0.39, 0.29) is 18.3 Å². The highest BCUT2D eigenvalue weighted by atomic mass is 16.7. The molecule has 0 N–H and O–H groups in total. The van der Waals surface area contributed by atoms with Crippen LogP contribution < -0.4 is 10.4 Å². The van der Waals surface area contributed by atoms with Crippen LogP contribution in [-0.2, 0) is 11.3 Å². The van der Waals surface area contributed by atoms with E-state index >= 15 is 0 Å². The predicted molar refractivity (Wildman–Crippen MR) is 87.6 cm³/mol. The number of benzene rings is 1. The topological polar surface area (TPSA) is 87.7 Å². The van der Waals surface area contributed by atoms with Gasteiger partial charge in [0.25, 0.3) is 0 Å². The third kappa shape index (κ3) is 2.49. The van der Waals surface area contributed by atoms with Gasteiger partial charge in [0.2, 0.25) is 0 Å². The van der Waals surface area contributed by atoms with Crippen molar-refractivity contribution in [3.05, 3.63) is 33.7 Å². The van der Waals surface area contributed by atoms with Gasteiger partial charge in [-0.1, -0.05) is 0 Å². The fourth-order valence-electron chi connectivity index (χ4n) is 2.59. The molecule has 126 valence electrons. The number of carbonyl (C=O) groups is 1. The largest absolute Gasteiger partial charge is 0.516 e. The lowest BCUT2D eigenvalue weighted by Crippen LogP contribution is -2.27. The maximum Gasteiger partial charge on any atom is 0.516 e. The Hall–Kier alpha value is -2.90.